The molecule has 1 aromatic heterocycles. The predicted octanol–water partition coefficient (Wildman–Crippen LogP) is 4.14. The van der Waals surface area contributed by atoms with Gasteiger partial charge in [-0.3, -0.25) is 9.78 Å². The summed E-state index contributed by atoms with van der Waals surface area (Å²) in [7, 11) is 0. The lowest BCUT2D eigenvalue weighted by Gasteiger charge is -2.12. The van der Waals surface area contributed by atoms with Gasteiger partial charge in [0.2, 0.25) is 0 Å². The van der Waals surface area contributed by atoms with Gasteiger partial charge in [0, 0.05) is 18.0 Å². The van der Waals surface area contributed by atoms with Crippen molar-refractivity contribution in [3.05, 3.63) is 84.4 Å². The predicted molar refractivity (Wildman–Crippen MR) is 107 cm³/mol. The highest BCUT2D eigenvalue weighted by atomic mass is 16.2. The van der Waals surface area contributed by atoms with E-state index in [9.17, 15) is 4.79 Å². The number of hydrogen-bond donors (Lipinski definition) is 1. The molecule has 0 aliphatic heterocycles. The second kappa shape index (κ2) is 6.14. The van der Waals surface area contributed by atoms with Crippen molar-refractivity contribution in [2.45, 2.75) is 0 Å². The minimum Gasteiger partial charge on any atom is -0.265 e. The van der Waals surface area contributed by atoms with Gasteiger partial charge in [0.05, 0.1) is 12.4 Å². The molecule has 1 N–H and O–H groups in total. The van der Waals surface area contributed by atoms with Crippen LogP contribution in [0.15, 0.2) is 78.3 Å². The Morgan fingerprint density at radius 1 is 0.889 bits per heavy atom. The lowest BCUT2D eigenvalue weighted by atomic mass is 9.92. The van der Waals surface area contributed by atoms with Gasteiger partial charge in [-0.1, -0.05) is 54.6 Å². The van der Waals surface area contributed by atoms with Crippen LogP contribution in [-0.4, -0.2) is 22.1 Å². The Labute approximate surface area is 154 Å². The van der Waals surface area contributed by atoms with Crippen molar-refractivity contribution in [2.24, 2.45) is 5.10 Å². The number of nitrogens with zero attached hydrogens (tertiary/aromatic N) is 3. The van der Waals surface area contributed by atoms with Crippen molar-refractivity contribution in [3.8, 4) is 0 Å². The van der Waals surface area contributed by atoms with Gasteiger partial charge in [-0.25, -0.2) is 10.4 Å². The average molecular weight is 350 g/mol. The second-order valence-electron chi connectivity index (χ2n) is 6.30. The molecule has 5 rings (SSSR count). The summed E-state index contributed by atoms with van der Waals surface area (Å²) in [5.41, 5.74) is 3.67. The van der Waals surface area contributed by atoms with Crippen LogP contribution in [0.25, 0.3) is 32.3 Å². The van der Waals surface area contributed by atoms with Gasteiger partial charge in [-0.15, -0.1) is 0 Å². The molecule has 0 radical (unpaired) electrons. The maximum atomic E-state index is 12.0. The number of benzene rings is 4. The highest BCUT2D eigenvalue weighted by Crippen LogP contribution is 2.35. The van der Waals surface area contributed by atoms with Crippen molar-refractivity contribution in [3.63, 3.8) is 0 Å². The van der Waals surface area contributed by atoms with Gasteiger partial charge in [0.25, 0.3) is 5.91 Å². The molecule has 4 aromatic carbocycles. The Morgan fingerprint density at radius 3 is 2.41 bits per heavy atom. The molecular weight excluding hydrogens is 336 g/mol. The van der Waals surface area contributed by atoms with E-state index in [1.807, 2.05) is 6.07 Å². The van der Waals surface area contributed by atoms with Gasteiger partial charge in [0.15, 0.2) is 0 Å². The summed E-state index contributed by atoms with van der Waals surface area (Å²) < 4.78 is 0. The topological polar surface area (TPSA) is 67.2 Å². The minimum absolute atomic E-state index is 0.227. The third-order valence-corrected chi connectivity index (χ3v) is 4.73. The molecule has 0 spiro atoms. The SMILES string of the molecule is O=C(N/N=C\c1ccc2ccc3cccc4ccc1c2c34)c1cnccn1. The summed E-state index contributed by atoms with van der Waals surface area (Å²) in [6.07, 6.45) is 6.06. The van der Waals surface area contributed by atoms with Crippen LogP contribution < -0.4 is 5.43 Å². The van der Waals surface area contributed by atoms with Crippen molar-refractivity contribution < 1.29 is 4.79 Å². The second-order valence-corrected chi connectivity index (χ2v) is 6.30. The van der Waals surface area contributed by atoms with E-state index in [2.05, 4.69) is 69.0 Å². The summed E-state index contributed by atoms with van der Waals surface area (Å²) in [6.45, 7) is 0. The zero-order valence-electron chi connectivity index (χ0n) is 14.3. The van der Waals surface area contributed by atoms with Crippen LogP contribution in [0.1, 0.15) is 16.1 Å². The molecule has 0 bridgehead atoms. The molecule has 5 aromatic rings. The zero-order valence-corrected chi connectivity index (χ0v) is 14.3. The van der Waals surface area contributed by atoms with Crippen molar-refractivity contribution >= 4 is 44.4 Å². The van der Waals surface area contributed by atoms with Crippen LogP contribution in [0.3, 0.4) is 0 Å². The van der Waals surface area contributed by atoms with Gasteiger partial charge in [0.1, 0.15) is 5.69 Å². The quantitative estimate of drug-likeness (QED) is 0.302. The van der Waals surface area contributed by atoms with Gasteiger partial charge >= 0.3 is 0 Å². The molecule has 0 aliphatic rings. The van der Waals surface area contributed by atoms with Crippen molar-refractivity contribution in [2.75, 3.05) is 0 Å². The summed E-state index contributed by atoms with van der Waals surface area (Å²) in [5, 5.41) is 11.3. The van der Waals surface area contributed by atoms with E-state index >= 15 is 0 Å². The lowest BCUT2D eigenvalue weighted by molar-refractivity contribution is 0.0949. The lowest BCUT2D eigenvalue weighted by Crippen LogP contribution is -2.19. The fourth-order valence-electron chi connectivity index (χ4n) is 3.50. The van der Waals surface area contributed by atoms with Crippen molar-refractivity contribution in [1.82, 2.24) is 15.4 Å². The molecule has 1 amide bonds. The summed E-state index contributed by atoms with van der Waals surface area (Å²) in [5.74, 6) is -0.392. The number of carbonyl (C=O) groups excluding carboxylic acids is 1. The number of hydrazone groups is 1. The fourth-order valence-corrected chi connectivity index (χ4v) is 3.50. The van der Waals surface area contributed by atoms with Crippen LogP contribution in [0.2, 0.25) is 0 Å². The molecule has 128 valence electrons. The molecule has 0 atom stereocenters. The van der Waals surface area contributed by atoms with Gasteiger partial charge in [-0.05, 0) is 32.3 Å². The van der Waals surface area contributed by atoms with Crippen molar-refractivity contribution in [1.29, 1.82) is 0 Å². The first kappa shape index (κ1) is 15.4. The zero-order chi connectivity index (χ0) is 18.2. The Kier molecular flexibility index (Phi) is 3.50. The van der Waals surface area contributed by atoms with E-state index in [0.717, 1.165) is 10.9 Å². The molecule has 5 heteroatoms. The Morgan fingerprint density at radius 2 is 1.63 bits per heavy atom. The Hall–Kier alpha value is -3.86. The summed E-state index contributed by atoms with van der Waals surface area (Å²) in [4.78, 5) is 19.9. The van der Waals surface area contributed by atoms with Crippen LogP contribution in [0.5, 0.6) is 0 Å². The molecule has 0 fully saturated rings. The van der Waals surface area contributed by atoms with Crippen LogP contribution in [-0.2, 0) is 0 Å². The molecule has 5 nitrogen and oxygen atoms in total. The standard InChI is InChI=1S/C22H14N4O/c27-22(19-13-23-10-11-24-19)26-25-12-17-7-6-16-5-4-14-2-1-3-15-8-9-18(17)21(16)20(14)15/h1-13H,(H,26,27)/b25-12-. The normalized spacial score (nSPS) is 11.7. The highest BCUT2D eigenvalue weighted by Gasteiger charge is 2.10. The number of rotatable bonds is 3. The Bertz CT molecular complexity index is 1300. The third kappa shape index (κ3) is 2.57. The van der Waals surface area contributed by atoms with E-state index in [1.165, 1.54) is 45.5 Å². The maximum Gasteiger partial charge on any atom is 0.291 e. The molecule has 0 unspecified atom stereocenters. The number of aromatic nitrogens is 2. The number of carbonyl (C=O) groups is 1. The summed E-state index contributed by atoms with van der Waals surface area (Å²) in [6, 6.07) is 19.0. The number of amides is 1. The van der Waals surface area contributed by atoms with Crippen LogP contribution in [0, 0.1) is 0 Å². The number of hydrogen-bond acceptors (Lipinski definition) is 4. The third-order valence-electron chi connectivity index (χ3n) is 4.73. The minimum atomic E-state index is -0.392. The van der Waals surface area contributed by atoms with Crippen LogP contribution in [0.4, 0.5) is 0 Å². The highest BCUT2D eigenvalue weighted by molar-refractivity contribution is 6.25. The molecule has 0 saturated carbocycles. The fraction of sp³-hybridized carbons (Fsp3) is 0. The molecule has 0 saturated heterocycles. The smallest absolute Gasteiger partial charge is 0.265 e. The van der Waals surface area contributed by atoms with E-state index in [-0.39, 0.29) is 5.69 Å². The molecule has 27 heavy (non-hydrogen) atoms. The Balaban J connectivity index is 1.56. The average Bonchev–Trinajstić information content (AvgIpc) is 2.73. The molecule has 0 aliphatic carbocycles. The van der Waals surface area contributed by atoms with Crippen LogP contribution >= 0.6 is 0 Å². The first-order valence-corrected chi connectivity index (χ1v) is 8.57. The largest absolute Gasteiger partial charge is 0.291 e. The van der Waals surface area contributed by atoms with Gasteiger partial charge in [-0.2, -0.15) is 5.10 Å². The monoisotopic (exact) mass is 350 g/mol. The first-order chi connectivity index (χ1) is 13.3. The van der Waals surface area contributed by atoms with Gasteiger partial charge < -0.3 is 0 Å². The maximum absolute atomic E-state index is 12.0. The molecular formula is C22H14N4O. The summed E-state index contributed by atoms with van der Waals surface area (Å²) >= 11 is 0. The number of nitrogens with one attached hydrogen (secondary N) is 1. The first-order valence-electron chi connectivity index (χ1n) is 8.57. The van der Waals surface area contributed by atoms with E-state index in [1.54, 1.807) is 6.21 Å². The van der Waals surface area contributed by atoms with E-state index in [4.69, 9.17) is 0 Å². The van der Waals surface area contributed by atoms with E-state index < -0.39 is 5.91 Å². The molecule has 1 heterocycles. The van der Waals surface area contributed by atoms with E-state index in [0.29, 0.717) is 0 Å².